The number of rotatable bonds is 7. The first kappa shape index (κ1) is 13.6. The van der Waals surface area contributed by atoms with E-state index in [4.69, 9.17) is 0 Å². The Kier molecular flexibility index (Phi) is 4.45. The monoisotopic (exact) mass is 245 g/mol. The van der Waals surface area contributed by atoms with Crippen molar-refractivity contribution in [2.45, 2.75) is 58.9 Å². The molecule has 1 nitrogen and oxygen atoms in total. The van der Waals surface area contributed by atoms with Crippen molar-refractivity contribution in [2.24, 2.45) is 5.41 Å². The highest BCUT2D eigenvalue weighted by Crippen LogP contribution is 2.51. The fourth-order valence-electron chi connectivity index (χ4n) is 2.80. The van der Waals surface area contributed by atoms with E-state index in [2.05, 4.69) is 50.4 Å². The molecule has 1 saturated carbocycles. The van der Waals surface area contributed by atoms with Crippen LogP contribution in [0.1, 0.15) is 51.2 Å². The Hall–Kier alpha value is -0.820. The number of benzene rings is 1. The average Bonchev–Trinajstić information content (AvgIpc) is 3.18. The van der Waals surface area contributed by atoms with Gasteiger partial charge in [-0.2, -0.15) is 0 Å². The van der Waals surface area contributed by atoms with Crippen LogP contribution >= 0.6 is 0 Å². The van der Waals surface area contributed by atoms with Crippen LogP contribution in [-0.2, 0) is 12.8 Å². The van der Waals surface area contributed by atoms with Crippen LogP contribution < -0.4 is 5.32 Å². The third-order valence-electron chi connectivity index (χ3n) is 4.50. The van der Waals surface area contributed by atoms with Crippen LogP contribution in [0.4, 0.5) is 0 Å². The molecule has 1 aromatic rings. The summed E-state index contributed by atoms with van der Waals surface area (Å²) in [4.78, 5) is 0. The van der Waals surface area contributed by atoms with E-state index < -0.39 is 0 Å². The Morgan fingerprint density at radius 3 is 2.22 bits per heavy atom. The molecule has 0 aliphatic heterocycles. The van der Waals surface area contributed by atoms with Crippen LogP contribution in [0.5, 0.6) is 0 Å². The molecular formula is C17H27N. The minimum absolute atomic E-state index is 0.545. The molecule has 1 unspecified atom stereocenters. The minimum atomic E-state index is 0.545. The Bertz CT molecular complexity index is 362. The fraction of sp³-hybridized carbons (Fsp3) is 0.647. The Balaban J connectivity index is 1.95. The third kappa shape index (κ3) is 3.14. The van der Waals surface area contributed by atoms with Crippen LogP contribution in [0.15, 0.2) is 24.3 Å². The van der Waals surface area contributed by atoms with Gasteiger partial charge in [0.25, 0.3) is 0 Å². The van der Waals surface area contributed by atoms with Gasteiger partial charge in [-0.1, -0.05) is 38.1 Å². The van der Waals surface area contributed by atoms with Gasteiger partial charge >= 0.3 is 0 Å². The lowest BCUT2D eigenvalue weighted by Crippen LogP contribution is -2.36. The number of nitrogens with one attached hydrogen (secondary N) is 1. The van der Waals surface area contributed by atoms with Gasteiger partial charge in [0, 0.05) is 6.04 Å². The maximum atomic E-state index is 3.68. The highest BCUT2D eigenvalue weighted by molar-refractivity contribution is 5.25. The van der Waals surface area contributed by atoms with Gasteiger partial charge in [0.15, 0.2) is 0 Å². The predicted octanol–water partition coefficient (Wildman–Crippen LogP) is 3.96. The van der Waals surface area contributed by atoms with Gasteiger partial charge in [0.05, 0.1) is 0 Å². The van der Waals surface area contributed by atoms with Crippen molar-refractivity contribution in [3.63, 3.8) is 0 Å². The molecule has 1 atom stereocenters. The van der Waals surface area contributed by atoms with E-state index >= 15 is 0 Å². The van der Waals surface area contributed by atoms with Crippen LogP contribution in [0.25, 0.3) is 0 Å². The Morgan fingerprint density at radius 1 is 1.11 bits per heavy atom. The first-order valence-electron chi connectivity index (χ1n) is 7.51. The lowest BCUT2D eigenvalue weighted by molar-refractivity contribution is 0.350. The summed E-state index contributed by atoms with van der Waals surface area (Å²) in [6.07, 6.45) is 6.39. The second kappa shape index (κ2) is 5.88. The summed E-state index contributed by atoms with van der Waals surface area (Å²) in [5, 5.41) is 3.68. The lowest BCUT2D eigenvalue weighted by atomic mass is 9.89. The van der Waals surface area contributed by atoms with E-state index in [1.165, 1.54) is 36.8 Å². The molecule has 1 aromatic carbocycles. The number of hydrogen-bond donors (Lipinski definition) is 1. The molecule has 18 heavy (non-hydrogen) atoms. The molecule has 1 N–H and O–H groups in total. The van der Waals surface area contributed by atoms with E-state index in [1.54, 1.807) is 0 Å². The van der Waals surface area contributed by atoms with Crippen molar-refractivity contribution in [1.82, 2.24) is 5.32 Å². The average molecular weight is 245 g/mol. The topological polar surface area (TPSA) is 12.0 Å². The van der Waals surface area contributed by atoms with Gasteiger partial charge in [-0.05, 0) is 62.1 Å². The maximum absolute atomic E-state index is 3.68. The summed E-state index contributed by atoms with van der Waals surface area (Å²) in [7, 11) is 0. The van der Waals surface area contributed by atoms with Gasteiger partial charge in [-0.15, -0.1) is 0 Å². The molecule has 0 radical (unpaired) electrons. The standard InChI is InChI=1S/C17H27N/c1-4-12-18-14(3)17(10-11-17)13-16-8-6-15(5-2)7-9-16/h6-9,14,18H,4-5,10-13H2,1-3H3. The van der Waals surface area contributed by atoms with Crippen LogP contribution in [0, 0.1) is 5.41 Å². The maximum Gasteiger partial charge on any atom is 0.00983 e. The minimum Gasteiger partial charge on any atom is -0.314 e. The quantitative estimate of drug-likeness (QED) is 0.766. The molecule has 1 fully saturated rings. The molecule has 1 heteroatoms. The van der Waals surface area contributed by atoms with E-state index in [-0.39, 0.29) is 0 Å². The molecule has 100 valence electrons. The van der Waals surface area contributed by atoms with Gasteiger partial charge < -0.3 is 5.32 Å². The SMILES string of the molecule is CCCNC(C)C1(Cc2ccc(CC)cc2)CC1. The van der Waals surface area contributed by atoms with Crippen LogP contribution in [0.3, 0.4) is 0 Å². The molecule has 0 saturated heterocycles. The van der Waals surface area contributed by atoms with Crippen molar-refractivity contribution in [1.29, 1.82) is 0 Å². The van der Waals surface area contributed by atoms with Crippen LogP contribution in [0.2, 0.25) is 0 Å². The van der Waals surface area contributed by atoms with Gasteiger partial charge in [-0.3, -0.25) is 0 Å². The predicted molar refractivity (Wildman–Crippen MR) is 78.9 cm³/mol. The van der Waals surface area contributed by atoms with E-state index in [1.807, 2.05) is 0 Å². The van der Waals surface area contributed by atoms with Crippen molar-refractivity contribution in [2.75, 3.05) is 6.54 Å². The van der Waals surface area contributed by atoms with E-state index in [0.717, 1.165) is 13.0 Å². The smallest absolute Gasteiger partial charge is 0.00983 e. The first-order chi connectivity index (χ1) is 8.70. The zero-order chi connectivity index (χ0) is 13.0. The summed E-state index contributed by atoms with van der Waals surface area (Å²) >= 11 is 0. The molecule has 1 aliphatic carbocycles. The summed E-state index contributed by atoms with van der Waals surface area (Å²) in [6.45, 7) is 7.97. The molecule has 0 spiro atoms. The van der Waals surface area contributed by atoms with Crippen molar-refractivity contribution < 1.29 is 0 Å². The highest BCUT2D eigenvalue weighted by Gasteiger charge is 2.46. The fourth-order valence-corrected chi connectivity index (χ4v) is 2.80. The Labute approximate surface area is 112 Å². The number of hydrogen-bond acceptors (Lipinski definition) is 1. The highest BCUT2D eigenvalue weighted by atomic mass is 14.9. The van der Waals surface area contributed by atoms with Gasteiger partial charge in [0.1, 0.15) is 0 Å². The molecule has 0 amide bonds. The van der Waals surface area contributed by atoms with E-state index in [0.29, 0.717) is 11.5 Å². The van der Waals surface area contributed by atoms with Crippen LogP contribution in [-0.4, -0.2) is 12.6 Å². The molecule has 0 bridgehead atoms. The molecule has 0 aromatic heterocycles. The second-order valence-corrected chi connectivity index (χ2v) is 5.89. The van der Waals surface area contributed by atoms with Crippen molar-refractivity contribution in [3.8, 4) is 0 Å². The van der Waals surface area contributed by atoms with Crippen molar-refractivity contribution in [3.05, 3.63) is 35.4 Å². The summed E-state index contributed by atoms with van der Waals surface area (Å²) in [5.74, 6) is 0. The molecule has 2 rings (SSSR count). The van der Waals surface area contributed by atoms with E-state index in [9.17, 15) is 0 Å². The lowest BCUT2D eigenvalue weighted by Gasteiger charge is -2.24. The molecular weight excluding hydrogens is 218 g/mol. The Morgan fingerprint density at radius 2 is 1.72 bits per heavy atom. The zero-order valence-corrected chi connectivity index (χ0v) is 12.1. The summed E-state index contributed by atoms with van der Waals surface area (Å²) in [5.41, 5.74) is 3.50. The summed E-state index contributed by atoms with van der Waals surface area (Å²) < 4.78 is 0. The molecule has 0 heterocycles. The second-order valence-electron chi connectivity index (χ2n) is 5.89. The third-order valence-corrected chi connectivity index (χ3v) is 4.50. The first-order valence-corrected chi connectivity index (χ1v) is 7.51. The largest absolute Gasteiger partial charge is 0.314 e. The van der Waals surface area contributed by atoms with Gasteiger partial charge in [-0.25, -0.2) is 0 Å². The zero-order valence-electron chi connectivity index (χ0n) is 12.1. The normalized spacial score (nSPS) is 18.6. The van der Waals surface area contributed by atoms with Crippen molar-refractivity contribution >= 4 is 0 Å². The molecule has 1 aliphatic rings. The van der Waals surface area contributed by atoms with Gasteiger partial charge in [0.2, 0.25) is 0 Å². The summed E-state index contributed by atoms with van der Waals surface area (Å²) in [6, 6.07) is 9.88. The number of aryl methyl sites for hydroxylation is 1.